The Morgan fingerprint density at radius 2 is 1.83 bits per heavy atom. The first-order valence-corrected chi connectivity index (χ1v) is 13.9. The van der Waals surface area contributed by atoms with E-state index in [1.54, 1.807) is 0 Å². The average molecular weight is 473 g/mol. The van der Waals surface area contributed by atoms with Crippen LogP contribution in [0.15, 0.2) is 54.7 Å². The number of benzene rings is 1. The van der Waals surface area contributed by atoms with E-state index in [0.717, 1.165) is 32.6 Å². The van der Waals surface area contributed by atoms with Crippen molar-refractivity contribution in [3.05, 3.63) is 77.1 Å². The summed E-state index contributed by atoms with van der Waals surface area (Å²) in [6.07, 6.45) is 16.8. The van der Waals surface area contributed by atoms with Crippen molar-refractivity contribution in [1.82, 2.24) is 20.5 Å². The molecule has 1 aromatic heterocycles. The van der Waals surface area contributed by atoms with Crippen LogP contribution in [0.1, 0.15) is 80.8 Å². The van der Waals surface area contributed by atoms with E-state index in [-0.39, 0.29) is 0 Å². The maximum Gasteiger partial charge on any atom is 0.0607 e. The fraction of sp³-hybridized carbons (Fsp3) is 0.581. The second-order valence-electron chi connectivity index (χ2n) is 11.8. The summed E-state index contributed by atoms with van der Waals surface area (Å²) in [4.78, 5) is 7.56. The minimum Gasteiger partial charge on any atom is -0.311 e. The van der Waals surface area contributed by atoms with Gasteiger partial charge in [-0.05, 0) is 79.5 Å². The lowest BCUT2D eigenvalue weighted by Gasteiger charge is -2.38. The first-order chi connectivity index (χ1) is 17.1. The summed E-state index contributed by atoms with van der Waals surface area (Å²) in [5.74, 6) is 0. The zero-order valence-corrected chi connectivity index (χ0v) is 21.8. The molecule has 1 aliphatic heterocycles. The van der Waals surface area contributed by atoms with Crippen LogP contribution in [0.25, 0.3) is 0 Å². The quantitative estimate of drug-likeness (QED) is 0.491. The molecule has 35 heavy (non-hydrogen) atoms. The van der Waals surface area contributed by atoms with Gasteiger partial charge in [0, 0.05) is 44.5 Å². The Morgan fingerprint density at radius 1 is 1.03 bits per heavy atom. The number of nitrogens with one attached hydrogen (secondary N) is 2. The van der Waals surface area contributed by atoms with Crippen LogP contribution >= 0.6 is 0 Å². The minimum absolute atomic E-state index is 0.414. The summed E-state index contributed by atoms with van der Waals surface area (Å²) in [5.41, 5.74) is 6.26. The van der Waals surface area contributed by atoms with Crippen molar-refractivity contribution in [3.63, 3.8) is 0 Å². The minimum atomic E-state index is 0.414. The van der Waals surface area contributed by atoms with Crippen LogP contribution in [0.5, 0.6) is 0 Å². The van der Waals surface area contributed by atoms with Gasteiger partial charge in [0.15, 0.2) is 0 Å². The summed E-state index contributed by atoms with van der Waals surface area (Å²) in [7, 11) is 0. The monoisotopic (exact) mass is 472 g/mol. The fourth-order valence-corrected chi connectivity index (χ4v) is 6.33. The van der Waals surface area contributed by atoms with Crippen LogP contribution in [0, 0.1) is 5.41 Å². The molecule has 0 amide bonds. The summed E-state index contributed by atoms with van der Waals surface area (Å²) in [5, 5.41) is 7.61. The highest BCUT2D eigenvalue weighted by molar-refractivity contribution is 5.30. The Bertz CT molecular complexity index is 987. The van der Waals surface area contributed by atoms with Gasteiger partial charge in [0.2, 0.25) is 0 Å². The standard InChI is InChI=1S/C31H44N4/c1-31(2)16-14-27(15-17-31)32-18-5-6-20-35(29-13-7-11-24-12-8-19-33-30(24)29)23-28-21-25-9-3-4-10-26(25)22-34-28/h3-6,8-10,12,19,27-29,32,34H,7,11,13-18,20-23H2,1-2H3/b6-5+/t28-,29+/m1/s1. The van der Waals surface area contributed by atoms with Gasteiger partial charge < -0.3 is 10.6 Å². The zero-order chi connectivity index (χ0) is 24.1. The smallest absolute Gasteiger partial charge is 0.0607 e. The van der Waals surface area contributed by atoms with Crippen LogP contribution in [-0.2, 0) is 19.4 Å². The number of aryl methyl sites for hydroxylation is 1. The van der Waals surface area contributed by atoms with Gasteiger partial charge in [0.05, 0.1) is 11.7 Å². The van der Waals surface area contributed by atoms with Crippen LogP contribution in [-0.4, -0.2) is 41.6 Å². The highest BCUT2D eigenvalue weighted by Gasteiger charge is 2.29. The summed E-state index contributed by atoms with van der Waals surface area (Å²) >= 11 is 0. The number of hydrogen-bond donors (Lipinski definition) is 2. The number of aromatic nitrogens is 1. The molecule has 1 aromatic carbocycles. The predicted octanol–water partition coefficient (Wildman–Crippen LogP) is 5.59. The van der Waals surface area contributed by atoms with Gasteiger partial charge in [-0.15, -0.1) is 0 Å². The van der Waals surface area contributed by atoms with E-state index in [2.05, 4.69) is 77.9 Å². The van der Waals surface area contributed by atoms with Crippen LogP contribution in [0.2, 0.25) is 0 Å². The van der Waals surface area contributed by atoms with E-state index in [1.807, 2.05) is 6.20 Å². The molecule has 2 aliphatic carbocycles. The maximum atomic E-state index is 4.87. The molecule has 2 aromatic rings. The molecule has 4 nitrogen and oxygen atoms in total. The summed E-state index contributed by atoms with van der Waals surface area (Å²) < 4.78 is 0. The van der Waals surface area contributed by atoms with E-state index in [1.165, 1.54) is 67.3 Å². The SMILES string of the molecule is CC1(C)CCC(NC/C=C/CN(C[C@H]2Cc3ccccc3CN2)[C@H]2CCCc3cccnc32)CC1. The Kier molecular flexibility index (Phi) is 8.01. The number of nitrogens with zero attached hydrogens (tertiary/aromatic N) is 2. The van der Waals surface area contributed by atoms with Crippen LogP contribution in [0.4, 0.5) is 0 Å². The lowest BCUT2D eigenvalue weighted by atomic mass is 9.75. The van der Waals surface area contributed by atoms with E-state index in [4.69, 9.17) is 4.98 Å². The second kappa shape index (κ2) is 11.4. The van der Waals surface area contributed by atoms with Gasteiger partial charge in [-0.3, -0.25) is 9.88 Å². The molecule has 0 bridgehead atoms. The molecule has 3 aliphatic rings. The molecular weight excluding hydrogens is 428 g/mol. The molecule has 0 radical (unpaired) electrons. The third-order valence-electron chi connectivity index (χ3n) is 8.60. The van der Waals surface area contributed by atoms with Crippen molar-refractivity contribution in [2.24, 2.45) is 5.41 Å². The molecule has 188 valence electrons. The van der Waals surface area contributed by atoms with Crippen molar-refractivity contribution in [3.8, 4) is 0 Å². The molecule has 0 saturated heterocycles. The average Bonchev–Trinajstić information content (AvgIpc) is 2.88. The van der Waals surface area contributed by atoms with Crippen molar-refractivity contribution in [2.45, 2.75) is 89.9 Å². The zero-order valence-electron chi connectivity index (χ0n) is 21.8. The Labute approximate surface area is 212 Å². The summed E-state index contributed by atoms with van der Waals surface area (Å²) in [6.45, 7) is 8.83. The first kappa shape index (κ1) is 24.7. The van der Waals surface area contributed by atoms with E-state index >= 15 is 0 Å². The Morgan fingerprint density at radius 3 is 2.69 bits per heavy atom. The van der Waals surface area contributed by atoms with Crippen molar-refractivity contribution in [2.75, 3.05) is 19.6 Å². The second-order valence-corrected chi connectivity index (χ2v) is 11.8. The summed E-state index contributed by atoms with van der Waals surface area (Å²) in [6, 6.07) is 14.9. The van der Waals surface area contributed by atoms with Crippen molar-refractivity contribution >= 4 is 0 Å². The first-order valence-electron chi connectivity index (χ1n) is 13.9. The molecular formula is C31H44N4. The molecule has 4 heteroatoms. The normalized spacial score (nSPS) is 24.4. The van der Waals surface area contributed by atoms with Gasteiger partial charge in [0.1, 0.15) is 0 Å². The van der Waals surface area contributed by atoms with Crippen LogP contribution in [0.3, 0.4) is 0 Å². The third-order valence-corrected chi connectivity index (χ3v) is 8.60. The molecule has 2 atom stereocenters. The topological polar surface area (TPSA) is 40.2 Å². The lowest BCUT2D eigenvalue weighted by molar-refractivity contribution is 0.170. The number of hydrogen-bond acceptors (Lipinski definition) is 4. The predicted molar refractivity (Wildman–Crippen MR) is 145 cm³/mol. The highest BCUT2D eigenvalue weighted by Crippen LogP contribution is 2.35. The van der Waals surface area contributed by atoms with Crippen molar-refractivity contribution < 1.29 is 0 Å². The molecule has 5 rings (SSSR count). The van der Waals surface area contributed by atoms with Gasteiger partial charge in [-0.1, -0.05) is 56.3 Å². The van der Waals surface area contributed by atoms with Gasteiger partial charge in [-0.25, -0.2) is 0 Å². The molecule has 1 fully saturated rings. The number of pyridine rings is 1. The Hall–Kier alpha value is -2.01. The Balaban J connectivity index is 1.22. The number of fused-ring (bicyclic) bond motifs is 2. The van der Waals surface area contributed by atoms with Gasteiger partial charge >= 0.3 is 0 Å². The largest absolute Gasteiger partial charge is 0.311 e. The van der Waals surface area contributed by atoms with Crippen LogP contribution < -0.4 is 10.6 Å². The fourth-order valence-electron chi connectivity index (χ4n) is 6.33. The molecule has 2 N–H and O–H groups in total. The van der Waals surface area contributed by atoms with Gasteiger partial charge in [0.25, 0.3) is 0 Å². The van der Waals surface area contributed by atoms with E-state index in [9.17, 15) is 0 Å². The third kappa shape index (κ3) is 6.41. The molecule has 0 unspecified atom stereocenters. The van der Waals surface area contributed by atoms with Gasteiger partial charge in [-0.2, -0.15) is 0 Å². The molecule has 0 spiro atoms. The number of rotatable bonds is 8. The maximum absolute atomic E-state index is 4.87. The molecule has 2 heterocycles. The highest BCUT2D eigenvalue weighted by atomic mass is 15.2. The molecule has 1 saturated carbocycles. The lowest BCUT2D eigenvalue weighted by Crippen LogP contribution is -2.46. The van der Waals surface area contributed by atoms with Crippen molar-refractivity contribution in [1.29, 1.82) is 0 Å². The van der Waals surface area contributed by atoms with E-state index in [0.29, 0.717) is 23.5 Å². The van der Waals surface area contributed by atoms with E-state index < -0.39 is 0 Å².